The molecule has 10 heteroatoms. The highest BCUT2D eigenvalue weighted by Gasteiger charge is 2.39. The van der Waals surface area contributed by atoms with Crippen LogP contribution in [0, 0.1) is 0 Å². The van der Waals surface area contributed by atoms with Crippen LogP contribution < -0.4 is 9.47 Å². The number of phenolic OH excluding ortho intramolecular Hbond substituents is 1. The molecule has 1 aliphatic rings. The van der Waals surface area contributed by atoms with Crippen LogP contribution >= 0.6 is 0 Å². The SMILES string of the molecule is CCOCC1COc2c(c(O)c(C(=O)OCC)c3nccc(C(F)(F)F)c23)O1. The molecule has 0 fully saturated rings. The highest BCUT2D eigenvalue weighted by molar-refractivity contribution is 6.10. The molecule has 0 bridgehead atoms. The summed E-state index contributed by atoms with van der Waals surface area (Å²) in [5.41, 5.74) is -1.95. The molecule has 2 heterocycles. The monoisotopic (exact) mass is 401 g/mol. The summed E-state index contributed by atoms with van der Waals surface area (Å²) in [5.74, 6) is -2.40. The van der Waals surface area contributed by atoms with Crippen LogP contribution in [0.15, 0.2) is 12.3 Å². The van der Waals surface area contributed by atoms with Crippen LogP contribution in [0.1, 0.15) is 29.8 Å². The average Bonchev–Trinajstić information content (AvgIpc) is 2.65. The number of rotatable bonds is 5. The van der Waals surface area contributed by atoms with E-state index in [9.17, 15) is 23.1 Å². The zero-order valence-electron chi connectivity index (χ0n) is 15.1. The summed E-state index contributed by atoms with van der Waals surface area (Å²) in [4.78, 5) is 16.2. The fourth-order valence-corrected chi connectivity index (χ4v) is 2.92. The van der Waals surface area contributed by atoms with E-state index >= 15 is 0 Å². The molecule has 0 amide bonds. The van der Waals surface area contributed by atoms with E-state index in [-0.39, 0.29) is 36.8 Å². The number of alkyl halides is 3. The largest absolute Gasteiger partial charge is 0.504 e. The van der Waals surface area contributed by atoms with Gasteiger partial charge in [0, 0.05) is 12.8 Å². The third kappa shape index (κ3) is 3.51. The predicted molar refractivity (Wildman–Crippen MR) is 90.8 cm³/mol. The first kappa shape index (κ1) is 20.0. The molecule has 3 rings (SSSR count). The average molecular weight is 401 g/mol. The summed E-state index contributed by atoms with van der Waals surface area (Å²) >= 11 is 0. The van der Waals surface area contributed by atoms with E-state index in [0.29, 0.717) is 6.61 Å². The van der Waals surface area contributed by atoms with E-state index in [1.54, 1.807) is 6.92 Å². The quantitative estimate of drug-likeness (QED) is 0.769. The maximum Gasteiger partial charge on any atom is 0.417 e. The summed E-state index contributed by atoms with van der Waals surface area (Å²) < 4.78 is 62.0. The molecule has 2 aromatic rings. The second-order valence-corrected chi connectivity index (χ2v) is 5.89. The Morgan fingerprint density at radius 3 is 2.71 bits per heavy atom. The van der Waals surface area contributed by atoms with Crippen molar-refractivity contribution in [2.75, 3.05) is 26.4 Å². The summed E-state index contributed by atoms with van der Waals surface area (Å²) in [6, 6.07) is 0.768. The maximum absolute atomic E-state index is 13.6. The molecule has 152 valence electrons. The highest BCUT2D eigenvalue weighted by Crippen LogP contribution is 2.51. The van der Waals surface area contributed by atoms with Gasteiger partial charge in [-0.25, -0.2) is 4.79 Å². The molecule has 1 N–H and O–H groups in total. The van der Waals surface area contributed by atoms with Gasteiger partial charge in [0.15, 0.2) is 17.6 Å². The molecule has 1 aromatic carbocycles. The van der Waals surface area contributed by atoms with Gasteiger partial charge in [-0.15, -0.1) is 0 Å². The van der Waals surface area contributed by atoms with Gasteiger partial charge in [0.05, 0.1) is 29.7 Å². The van der Waals surface area contributed by atoms with E-state index in [1.165, 1.54) is 6.92 Å². The number of fused-ring (bicyclic) bond motifs is 3. The van der Waals surface area contributed by atoms with Gasteiger partial charge in [0.1, 0.15) is 12.2 Å². The van der Waals surface area contributed by atoms with E-state index in [1.807, 2.05) is 0 Å². The van der Waals surface area contributed by atoms with Crippen molar-refractivity contribution in [3.8, 4) is 17.2 Å². The molecule has 1 atom stereocenters. The van der Waals surface area contributed by atoms with Gasteiger partial charge >= 0.3 is 12.1 Å². The van der Waals surface area contributed by atoms with Gasteiger partial charge in [-0.3, -0.25) is 4.98 Å². The van der Waals surface area contributed by atoms with Crippen LogP contribution in [0.2, 0.25) is 0 Å². The zero-order valence-corrected chi connectivity index (χ0v) is 15.1. The van der Waals surface area contributed by atoms with Crippen molar-refractivity contribution in [1.82, 2.24) is 4.98 Å². The molecule has 0 aliphatic carbocycles. The van der Waals surface area contributed by atoms with Gasteiger partial charge in [0.25, 0.3) is 0 Å². The van der Waals surface area contributed by atoms with Crippen molar-refractivity contribution >= 4 is 16.9 Å². The third-order valence-corrected chi connectivity index (χ3v) is 4.06. The number of halogens is 3. The van der Waals surface area contributed by atoms with Crippen molar-refractivity contribution in [3.63, 3.8) is 0 Å². The van der Waals surface area contributed by atoms with Crippen molar-refractivity contribution in [3.05, 3.63) is 23.4 Å². The summed E-state index contributed by atoms with van der Waals surface area (Å²) in [6.45, 7) is 3.66. The first-order valence-corrected chi connectivity index (χ1v) is 8.58. The summed E-state index contributed by atoms with van der Waals surface area (Å²) in [6.07, 6.45) is -4.51. The number of ether oxygens (including phenoxy) is 4. The van der Waals surface area contributed by atoms with Crippen LogP contribution in [0.4, 0.5) is 13.2 Å². The van der Waals surface area contributed by atoms with E-state index in [2.05, 4.69) is 4.98 Å². The highest BCUT2D eigenvalue weighted by atomic mass is 19.4. The second-order valence-electron chi connectivity index (χ2n) is 5.89. The molecule has 1 aromatic heterocycles. The van der Waals surface area contributed by atoms with Gasteiger partial charge in [-0.2, -0.15) is 13.2 Å². The topological polar surface area (TPSA) is 87.1 Å². The van der Waals surface area contributed by atoms with Crippen molar-refractivity contribution in [1.29, 1.82) is 0 Å². The van der Waals surface area contributed by atoms with Gasteiger partial charge in [0.2, 0.25) is 5.75 Å². The zero-order chi connectivity index (χ0) is 20.5. The molecule has 28 heavy (non-hydrogen) atoms. The maximum atomic E-state index is 13.6. The van der Waals surface area contributed by atoms with E-state index in [0.717, 1.165) is 12.3 Å². The first-order chi connectivity index (χ1) is 13.3. The lowest BCUT2D eigenvalue weighted by molar-refractivity contribution is -0.136. The molecule has 0 saturated heterocycles. The number of pyridine rings is 1. The Morgan fingerprint density at radius 2 is 2.07 bits per heavy atom. The smallest absolute Gasteiger partial charge is 0.417 e. The third-order valence-electron chi connectivity index (χ3n) is 4.06. The normalized spacial score (nSPS) is 16.2. The molecule has 0 saturated carbocycles. The van der Waals surface area contributed by atoms with Crippen LogP contribution in [0.5, 0.6) is 17.2 Å². The minimum Gasteiger partial charge on any atom is -0.504 e. The molecule has 1 unspecified atom stereocenters. The molecule has 7 nitrogen and oxygen atoms in total. The first-order valence-electron chi connectivity index (χ1n) is 8.58. The van der Waals surface area contributed by atoms with Crippen molar-refractivity contribution in [2.45, 2.75) is 26.1 Å². The van der Waals surface area contributed by atoms with Gasteiger partial charge < -0.3 is 24.1 Å². The molecular weight excluding hydrogens is 383 g/mol. The Hall–Kier alpha value is -2.75. The number of benzene rings is 1. The number of carbonyl (C=O) groups excluding carboxylic acids is 1. The van der Waals surface area contributed by atoms with Crippen molar-refractivity contribution < 1.29 is 42.0 Å². The molecule has 0 radical (unpaired) electrons. The Balaban J connectivity index is 2.28. The second kappa shape index (κ2) is 7.70. The van der Waals surface area contributed by atoms with E-state index in [4.69, 9.17) is 18.9 Å². The predicted octanol–water partition coefficient (Wildman–Crippen LogP) is 3.31. The van der Waals surface area contributed by atoms with Gasteiger partial charge in [-0.05, 0) is 19.9 Å². The number of aromatic hydroxyl groups is 1. The van der Waals surface area contributed by atoms with Crippen LogP contribution in [-0.4, -0.2) is 48.6 Å². The fourth-order valence-electron chi connectivity index (χ4n) is 2.92. The fraction of sp³-hybridized carbons (Fsp3) is 0.444. The Kier molecular flexibility index (Phi) is 5.50. The number of esters is 1. The van der Waals surface area contributed by atoms with Crippen molar-refractivity contribution in [2.24, 2.45) is 0 Å². The Labute approximate surface area is 158 Å². The van der Waals surface area contributed by atoms with E-state index < -0.39 is 40.5 Å². The number of aromatic nitrogens is 1. The molecule has 1 aliphatic heterocycles. The lowest BCUT2D eigenvalue weighted by Crippen LogP contribution is -2.34. The minimum absolute atomic E-state index is 0.0415. The van der Waals surface area contributed by atoms with Crippen LogP contribution in [0.25, 0.3) is 10.9 Å². The lowest BCUT2D eigenvalue weighted by Gasteiger charge is -2.29. The number of hydrogen-bond acceptors (Lipinski definition) is 7. The van der Waals surface area contributed by atoms with Crippen LogP contribution in [0.3, 0.4) is 0 Å². The number of nitrogens with zero attached hydrogens (tertiary/aromatic N) is 1. The number of hydrogen-bond donors (Lipinski definition) is 1. The van der Waals surface area contributed by atoms with Crippen LogP contribution in [-0.2, 0) is 15.7 Å². The lowest BCUT2D eigenvalue weighted by atomic mass is 10.0. The summed E-state index contributed by atoms with van der Waals surface area (Å²) in [5, 5.41) is 10.1. The minimum atomic E-state index is -4.75. The Bertz CT molecular complexity index is 899. The molecular formula is C18H18F3NO6. The number of phenols is 1. The molecule has 0 spiro atoms. The summed E-state index contributed by atoms with van der Waals surface area (Å²) in [7, 11) is 0. The van der Waals surface area contributed by atoms with Gasteiger partial charge in [-0.1, -0.05) is 0 Å². The number of carbonyl (C=O) groups is 1. The Morgan fingerprint density at radius 1 is 1.32 bits per heavy atom. The standard InChI is InChI=1S/C18H18F3NO6/c1-3-25-7-9-8-27-15-11-10(18(19,20)21)5-6-22-13(11)12(17(24)26-4-2)14(23)16(15)28-9/h5-6,9,23H,3-4,7-8H2,1-2H3.